The number of rotatable bonds is 5. The van der Waals surface area contributed by atoms with E-state index in [2.05, 4.69) is 27.7 Å². The molecule has 17 heavy (non-hydrogen) atoms. The molecule has 0 spiro atoms. The summed E-state index contributed by atoms with van der Waals surface area (Å²) < 4.78 is 5.78. The summed E-state index contributed by atoms with van der Waals surface area (Å²) >= 11 is 0. The van der Waals surface area contributed by atoms with Crippen LogP contribution in [0.15, 0.2) is 18.2 Å². The lowest BCUT2D eigenvalue weighted by Crippen LogP contribution is -2.07. The second-order valence-corrected chi connectivity index (χ2v) is 5.17. The Kier molecular flexibility index (Phi) is 4.73. The van der Waals surface area contributed by atoms with Crippen molar-refractivity contribution in [1.29, 1.82) is 0 Å². The Labute approximate surface area is 104 Å². The molecule has 2 heteroatoms. The molecular weight excluding hydrogens is 212 g/mol. The number of Topliss-reactive ketones (excluding diaryl/α,β-unsaturated/α-hetero) is 1. The Morgan fingerprint density at radius 2 is 1.88 bits per heavy atom. The lowest BCUT2D eigenvalue weighted by Gasteiger charge is -2.16. The third-order valence-corrected chi connectivity index (χ3v) is 2.61. The maximum absolute atomic E-state index is 11.4. The van der Waals surface area contributed by atoms with Crippen LogP contribution in [0.2, 0.25) is 0 Å². The molecule has 0 atom stereocenters. The highest BCUT2D eigenvalue weighted by Gasteiger charge is 2.11. The Morgan fingerprint density at radius 1 is 1.24 bits per heavy atom. The number of benzene rings is 1. The van der Waals surface area contributed by atoms with Crippen LogP contribution in [-0.4, -0.2) is 12.4 Å². The summed E-state index contributed by atoms with van der Waals surface area (Å²) in [6, 6.07) is 5.70. The van der Waals surface area contributed by atoms with Crippen molar-refractivity contribution in [2.75, 3.05) is 6.61 Å². The first-order valence-corrected chi connectivity index (χ1v) is 6.19. The second kappa shape index (κ2) is 5.85. The SMILES string of the molecule is CC(=O)c1ccc(OCC(C)C)c(C(C)C)c1. The van der Waals surface area contributed by atoms with Gasteiger partial charge in [0.2, 0.25) is 0 Å². The van der Waals surface area contributed by atoms with Gasteiger partial charge in [-0.2, -0.15) is 0 Å². The summed E-state index contributed by atoms with van der Waals surface area (Å²) in [7, 11) is 0. The number of carbonyl (C=O) groups excluding carboxylic acids is 1. The first-order valence-electron chi connectivity index (χ1n) is 6.19. The first kappa shape index (κ1) is 13.8. The molecule has 0 heterocycles. The fourth-order valence-corrected chi connectivity index (χ4v) is 1.61. The van der Waals surface area contributed by atoms with E-state index in [0.717, 1.165) is 16.9 Å². The van der Waals surface area contributed by atoms with Crippen LogP contribution in [0.1, 0.15) is 56.5 Å². The molecule has 1 rings (SSSR count). The average molecular weight is 234 g/mol. The molecule has 0 N–H and O–H groups in total. The smallest absolute Gasteiger partial charge is 0.159 e. The van der Waals surface area contributed by atoms with Crippen molar-refractivity contribution < 1.29 is 9.53 Å². The minimum atomic E-state index is 0.0994. The minimum absolute atomic E-state index is 0.0994. The molecule has 0 aliphatic carbocycles. The molecule has 0 aromatic heterocycles. The Bertz CT molecular complexity index is 392. The van der Waals surface area contributed by atoms with Gasteiger partial charge in [-0.05, 0) is 42.5 Å². The molecule has 94 valence electrons. The average Bonchev–Trinajstić information content (AvgIpc) is 2.25. The van der Waals surface area contributed by atoms with Crippen molar-refractivity contribution in [3.05, 3.63) is 29.3 Å². The maximum Gasteiger partial charge on any atom is 0.159 e. The molecule has 0 unspecified atom stereocenters. The molecule has 0 bridgehead atoms. The number of carbonyl (C=O) groups is 1. The van der Waals surface area contributed by atoms with Crippen LogP contribution in [0.4, 0.5) is 0 Å². The van der Waals surface area contributed by atoms with E-state index in [1.54, 1.807) is 6.92 Å². The van der Waals surface area contributed by atoms with Crippen LogP contribution in [0, 0.1) is 5.92 Å². The summed E-state index contributed by atoms with van der Waals surface area (Å²) in [6.45, 7) is 10.8. The van der Waals surface area contributed by atoms with Crippen LogP contribution < -0.4 is 4.74 Å². The fraction of sp³-hybridized carbons (Fsp3) is 0.533. The van der Waals surface area contributed by atoms with Crippen molar-refractivity contribution in [2.45, 2.75) is 40.5 Å². The van der Waals surface area contributed by atoms with Crippen LogP contribution in [0.25, 0.3) is 0 Å². The topological polar surface area (TPSA) is 26.3 Å². The van der Waals surface area contributed by atoms with Gasteiger partial charge < -0.3 is 4.74 Å². The first-order chi connectivity index (χ1) is 7.91. The Morgan fingerprint density at radius 3 is 2.35 bits per heavy atom. The third kappa shape index (κ3) is 3.88. The molecule has 0 fully saturated rings. The van der Waals surface area contributed by atoms with Crippen molar-refractivity contribution in [3.63, 3.8) is 0 Å². The van der Waals surface area contributed by atoms with E-state index in [9.17, 15) is 4.79 Å². The standard InChI is InChI=1S/C15H22O2/c1-10(2)9-17-15-7-6-13(12(5)16)8-14(15)11(3)4/h6-8,10-11H,9H2,1-5H3. The predicted molar refractivity (Wildman–Crippen MR) is 70.9 cm³/mol. The largest absolute Gasteiger partial charge is 0.493 e. The van der Waals surface area contributed by atoms with E-state index in [-0.39, 0.29) is 5.78 Å². The zero-order valence-corrected chi connectivity index (χ0v) is 11.4. The Balaban J connectivity index is 3.00. The molecule has 0 saturated carbocycles. The summed E-state index contributed by atoms with van der Waals surface area (Å²) in [5, 5.41) is 0. The van der Waals surface area contributed by atoms with Gasteiger partial charge in [0.25, 0.3) is 0 Å². The molecule has 0 radical (unpaired) electrons. The van der Waals surface area contributed by atoms with E-state index < -0.39 is 0 Å². The van der Waals surface area contributed by atoms with Crippen molar-refractivity contribution >= 4 is 5.78 Å². The fourth-order valence-electron chi connectivity index (χ4n) is 1.61. The summed E-state index contributed by atoms with van der Waals surface area (Å²) in [5.41, 5.74) is 1.86. The van der Waals surface area contributed by atoms with Gasteiger partial charge in [0.1, 0.15) is 5.75 Å². The van der Waals surface area contributed by atoms with Gasteiger partial charge in [-0.1, -0.05) is 27.7 Å². The van der Waals surface area contributed by atoms with Crippen LogP contribution in [0.5, 0.6) is 5.75 Å². The van der Waals surface area contributed by atoms with E-state index in [1.807, 2.05) is 18.2 Å². The predicted octanol–water partition coefficient (Wildman–Crippen LogP) is 4.05. The molecule has 0 saturated heterocycles. The lowest BCUT2D eigenvalue weighted by atomic mass is 9.98. The van der Waals surface area contributed by atoms with Crippen LogP contribution in [-0.2, 0) is 0 Å². The number of hydrogen-bond acceptors (Lipinski definition) is 2. The van der Waals surface area contributed by atoms with E-state index in [1.165, 1.54) is 0 Å². The highest BCUT2D eigenvalue weighted by atomic mass is 16.5. The molecule has 1 aromatic carbocycles. The number of hydrogen-bond donors (Lipinski definition) is 0. The van der Waals surface area contributed by atoms with Gasteiger partial charge in [-0.3, -0.25) is 4.79 Å². The zero-order chi connectivity index (χ0) is 13.0. The monoisotopic (exact) mass is 234 g/mol. The van der Waals surface area contributed by atoms with Gasteiger partial charge in [-0.15, -0.1) is 0 Å². The zero-order valence-electron chi connectivity index (χ0n) is 11.4. The maximum atomic E-state index is 11.4. The molecule has 0 aliphatic rings. The van der Waals surface area contributed by atoms with E-state index >= 15 is 0 Å². The van der Waals surface area contributed by atoms with Crippen LogP contribution >= 0.6 is 0 Å². The summed E-state index contributed by atoms with van der Waals surface area (Å²) in [5.74, 6) is 1.86. The normalized spacial score (nSPS) is 11.0. The number of ketones is 1. The molecule has 0 aliphatic heterocycles. The van der Waals surface area contributed by atoms with E-state index in [0.29, 0.717) is 18.4 Å². The summed E-state index contributed by atoms with van der Waals surface area (Å²) in [6.07, 6.45) is 0. The van der Waals surface area contributed by atoms with Gasteiger partial charge in [0.05, 0.1) is 6.61 Å². The molecule has 2 nitrogen and oxygen atoms in total. The van der Waals surface area contributed by atoms with Crippen LogP contribution in [0.3, 0.4) is 0 Å². The Hall–Kier alpha value is -1.31. The lowest BCUT2D eigenvalue weighted by molar-refractivity contribution is 0.101. The highest BCUT2D eigenvalue weighted by molar-refractivity contribution is 5.94. The summed E-state index contributed by atoms with van der Waals surface area (Å²) in [4.78, 5) is 11.4. The van der Waals surface area contributed by atoms with Crippen molar-refractivity contribution in [1.82, 2.24) is 0 Å². The van der Waals surface area contributed by atoms with Crippen molar-refractivity contribution in [3.8, 4) is 5.75 Å². The highest BCUT2D eigenvalue weighted by Crippen LogP contribution is 2.28. The van der Waals surface area contributed by atoms with E-state index in [4.69, 9.17) is 4.74 Å². The minimum Gasteiger partial charge on any atom is -0.493 e. The van der Waals surface area contributed by atoms with Gasteiger partial charge in [0, 0.05) is 5.56 Å². The van der Waals surface area contributed by atoms with Gasteiger partial charge >= 0.3 is 0 Å². The van der Waals surface area contributed by atoms with Gasteiger partial charge in [0.15, 0.2) is 5.78 Å². The van der Waals surface area contributed by atoms with Gasteiger partial charge in [-0.25, -0.2) is 0 Å². The molecule has 0 amide bonds. The second-order valence-electron chi connectivity index (χ2n) is 5.17. The molecular formula is C15H22O2. The van der Waals surface area contributed by atoms with Crippen molar-refractivity contribution in [2.24, 2.45) is 5.92 Å². The molecule has 1 aromatic rings. The number of ether oxygens (including phenoxy) is 1. The third-order valence-electron chi connectivity index (χ3n) is 2.61. The quantitative estimate of drug-likeness (QED) is 0.718.